The SMILES string of the molecule is c1ccc(-c2ccc(-c3cccc(-c4nc(-c5ccccc5)nc(-c5ccc(-c6cccc7oc8cc9ccccc9cc8c67)c6ccccc56)n4)c3)cc2)cc1. The fraction of sp³-hybridized carbons (Fsp3) is 0. The van der Waals surface area contributed by atoms with Crippen molar-refractivity contribution in [2.24, 2.45) is 0 Å². The molecule has 0 radical (unpaired) electrons. The molecule has 0 N–H and O–H groups in total. The van der Waals surface area contributed by atoms with Crippen LogP contribution < -0.4 is 0 Å². The number of hydrogen-bond acceptors (Lipinski definition) is 4. The van der Waals surface area contributed by atoms with Crippen LogP contribution >= 0.6 is 0 Å². The van der Waals surface area contributed by atoms with Gasteiger partial charge in [-0.1, -0.05) is 170 Å². The summed E-state index contributed by atoms with van der Waals surface area (Å²) in [5.74, 6) is 1.87. The first-order valence-electron chi connectivity index (χ1n) is 19.2. The van der Waals surface area contributed by atoms with Crippen LogP contribution in [0, 0.1) is 0 Å². The molecule has 0 spiro atoms. The van der Waals surface area contributed by atoms with E-state index in [1.807, 2.05) is 36.4 Å². The zero-order valence-electron chi connectivity index (χ0n) is 30.8. The molecule has 0 aliphatic heterocycles. The number of nitrogens with zero attached hydrogens (tertiary/aromatic N) is 3. The van der Waals surface area contributed by atoms with E-state index in [0.717, 1.165) is 77.0 Å². The molecule has 4 heteroatoms. The summed E-state index contributed by atoms with van der Waals surface area (Å²) in [6.07, 6.45) is 0. The van der Waals surface area contributed by atoms with E-state index in [1.165, 1.54) is 16.5 Å². The lowest BCUT2D eigenvalue weighted by Gasteiger charge is -2.14. The van der Waals surface area contributed by atoms with Crippen LogP contribution in [-0.2, 0) is 0 Å². The summed E-state index contributed by atoms with van der Waals surface area (Å²) in [5.41, 5.74) is 11.4. The highest BCUT2D eigenvalue weighted by Crippen LogP contribution is 2.42. The topological polar surface area (TPSA) is 51.8 Å². The van der Waals surface area contributed by atoms with Gasteiger partial charge in [0.05, 0.1) is 0 Å². The van der Waals surface area contributed by atoms with Crippen LogP contribution in [0.4, 0.5) is 0 Å². The van der Waals surface area contributed by atoms with Crippen molar-refractivity contribution in [2.45, 2.75) is 0 Å². The second kappa shape index (κ2) is 13.6. The zero-order chi connectivity index (χ0) is 37.7. The van der Waals surface area contributed by atoms with Crippen LogP contribution in [0.1, 0.15) is 0 Å². The Morgan fingerprint density at radius 3 is 1.56 bits per heavy atom. The number of rotatable bonds is 6. The molecular formula is C53H33N3O. The van der Waals surface area contributed by atoms with Crippen LogP contribution in [-0.4, -0.2) is 15.0 Å². The predicted octanol–water partition coefficient (Wildman–Crippen LogP) is 14.1. The van der Waals surface area contributed by atoms with Gasteiger partial charge in [0.25, 0.3) is 0 Å². The van der Waals surface area contributed by atoms with Gasteiger partial charge in [0, 0.05) is 27.5 Å². The van der Waals surface area contributed by atoms with Gasteiger partial charge in [0.2, 0.25) is 0 Å². The summed E-state index contributed by atoms with van der Waals surface area (Å²) >= 11 is 0. The van der Waals surface area contributed by atoms with Gasteiger partial charge in [-0.05, 0) is 85.3 Å². The molecule has 4 nitrogen and oxygen atoms in total. The molecule has 2 heterocycles. The predicted molar refractivity (Wildman–Crippen MR) is 235 cm³/mol. The molecule has 0 bridgehead atoms. The molecule has 0 aliphatic carbocycles. The van der Waals surface area contributed by atoms with Crippen molar-refractivity contribution in [1.29, 1.82) is 0 Å². The van der Waals surface area contributed by atoms with E-state index in [2.05, 4.69) is 164 Å². The van der Waals surface area contributed by atoms with E-state index in [1.54, 1.807) is 0 Å². The van der Waals surface area contributed by atoms with Crippen molar-refractivity contribution < 1.29 is 4.42 Å². The monoisotopic (exact) mass is 727 g/mol. The minimum atomic E-state index is 0.622. The summed E-state index contributed by atoms with van der Waals surface area (Å²) in [4.78, 5) is 15.4. The lowest BCUT2D eigenvalue weighted by molar-refractivity contribution is 0.669. The standard InChI is InChI=1S/C53H33N3O/c1-3-13-34(14-4-1)35-25-27-36(28-26-35)38-19-11-20-41(31-38)52-54-51(37-15-5-2-6-16-37)55-53(56-52)46-30-29-44(42-21-9-10-22-43(42)46)45-23-12-24-48-50(45)47-32-39-17-7-8-18-40(39)33-49(47)57-48/h1-33H. The lowest BCUT2D eigenvalue weighted by atomic mass is 9.92. The zero-order valence-corrected chi connectivity index (χ0v) is 30.8. The smallest absolute Gasteiger partial charge is 0.164 e. The van der Waals surface area contributed by atoms with Crippen LogP contribution in [0.25, 0.3) is 111 Å². The van der Waals surface area contributed by atoms with Crippen LogP contribution in [0.2, 0.25) is 0 Å². The molecular weight excluding hydrogens is 695 g/mol. The van der Waals surface area contributed by atoms with Gasteiger partial charge in [-0.2, -0.15) is 0 Å². The molecule has 9 aromatic carbocycles. The molecule has 0 saturated heterocycles. The van der Waals surface area contributed by atoms with Gasteiger partial charge < -0.3 is 4.42 Å². The quantitative estimate of drug-likeness (QED) is 0.171. The first-order valence-corrected chi connectivity index (χ1v) is 19.2. The van der Waals surface area contributed by atoms with Crippen LogP contribution in [0.3, 0.4) is 0 Å². The van der Waals surface area contributed by atoms with Crippen molar-refractivity contribution in [2.75, 3.05) is 0 Å². The Morgan fingerprint density at radius 2 is 0.807 bits per heavy atom. The van der Waals surface area contributed by atoms with Gasteiger partial charge in [-0.25, -0.2) is 15.0 Å². The minimum Gasteiger partial charge on any atom is -0.456 e. The third-order valence-electron chi connectivity index (χ3n) is 10.9. The van der Waals surface area contributed by atoms with Gasteiger partial charge in [-0.15, -0.1) is 0 Å². The summed E-state index contributed by atoms with van der Waals surface area (Å²) < 4.78 is 6.47. The first-order chi connectivity index (χ1) is 28.2. The van der Waals surface area contributed by atoms with Gasteiger partial charge in [-0.3, -0.25) is 0 Å². The number of benzene rings is 9. The lowest BCUT2D eigenvalue weighted by Crippen LogP contribution is -2.01. The summed E-state index contributed by atoms with van der Waals surface area (Å²) in [7, 11) is 0. The van der Waals surface area contributed by atoms with Crippen molar-refractivity contribution >= 4 is 43.5 Å². The van der Waals surface area contributed by atoms with Gasteiger partial charge in [0.15, 0.2) is 17.5 Å². The van der Waals surface area contributed by atoms with Crippen LogP contribution in [0.5, 0.6) is 0 Å². The molecule has 0 aliphatic rings. The summed E-state index contributed by atoms with van der Waals surface area (Å²) in [5, 5.41) is 6.75. The Bertz CT molecular complexity index is 3280. The Kier molecular flexibility index (Phi) is 7.78. The average molecular weight is 728 g/mol. The Balaban J connectivity index is 1.05. The van der Waals surface area contributed by atoms with Crippen LogP contribution in [0.15, 0.2) is 205 Å². The molecule has 0 fully saturated rings. The highest BCUT2D eigenvalue weighted by Gasteiger charge is 2.19. The molecule has 0 unspecified atom stereocenters. The Morgan fingerprint density at radius 1 is 0.281 bits per heavy atom. The minimum absolute atomic E-state index is 0.622. The molecule has 0 saturated carbocycles. The molecule has 2 aromatic heterocycles. The van der Waals surface area contributed by atoms with E-state index in [9.17, 15) is 0 Å². The molecule has 266 valence electrons. The second-order valence-electron chi connectivity index (χ2n) is 14.4. The molecule has 11 rings (SSSR count). The Hall–Kier alpha value is -7.69. The highest BCUT2D eigenvalue weighted by atomic mass is 16.3. The average Bonchev–Trinajstić information content (AvgIpc) is 3.66. The third kappa shape index (κ3) is 5.83. The second-order valence-corrected chi connectivity index (χ2v) is 14.4. The maximum absolute atomic E-state index is 6.47. The molecule has 11 aromatic rings. The van der Waals surface area contributed by atoms with E-state index in [-0.39, 0.29) is 0 Å². The number of hydrogen-bond donors (Lipinski definition) is 0. The van der Waals surface area contributed by atoms with Gasteiger partial charge >= 0.3 is 0 Å². The highest BCUT2D eigenvalue weighted by molar-refractivity contribution is 6.18. The van der Waals surface area contributed by atoms with Crippen molar-refractivity contribution in [3.05, 3.63) is 200 Å². The fourth-order valence-corrected chi connectivity index (χ4v) is 8.13. The Labute approximate surface area is 329 Å². The molecule has 0 atom stereocenters. The number of furan rings is 1. The largest absolute Gasteiger partial charge is 0.456 e. The van der Waals surface area contributed by atoms with E-state index in [4.69, 9.17) is 19.4 Å². The molecule has 57 heavy (non-hydrogen) atoms. The normalized spacial score (nSPS) is 11.5. The fourth-order valence-electron chi connectivity index (χ4n) is 8.13. The molecule has 0 amide bonds. The maximum Gasteiger partial charge on any atom is 0.164 e. The summed E-state index contributed by atoms with van der Waals surface area (Å²) in [6, 6.07) is 69.9. The first kappa shape index (κ1) is 32.7. The van der Waals surface area contributed by atoms with Crippen molar-refractivity contribution in [1.82, 2.24) is 15.0 Å². The number of fused-ring (bicyclic) bond motifs is 5. The third-order valence-corrected chi connectivity index (χ3v) is 10.9. The van der Waals surface area contributed by atoms with E-state index in [0.29, 0.717) is 17.5 Å². The van der Waals surface area contributed by atoms with Gasteiger partial charge in [0.1, 0.15) is 11.2 Å². The van der Waals surface area contributed by atoms with E-state index >= 15 is 0 Å². The number of aromatic nitrogens is 3. The van der Waals surface area contributed by atoms with Crippen molar-refractivity contribution in [3.8, 4) is 67.5 Å². The van der Waals surface area contributed by atoms with Crippen molar-refractivity contribution in [3.63, 3.8) is 0 Å². The maximum atomic E-state index is 6.47. The van der Waals surface area contributed by atoms with E-state index < -0.39 is 0 Å². The summed E-state index contributed by atoms with van der Waals surface area (Å²) in [6.45, 7) is 0.